The maximum Gasteiger partial charge on any atom is 0.124 e. The van der Waals surface area contributed by atoms with Gasteiger partial charge in [-0.25, -0.2) is 0 Å². The van der Waals surface area contributed by atoms with Crippen molar-refractivity contribution in [2.24, 2.45) is 5.41 Å². The maximum atomic E-state index is 5.87. The average molecular weight is 274 g/mol. The summed E-state index contributed by atoms with van der Waals surface area (Å²) in [7, 11) is 0. The van der Waals surface area contributed by atoms with Crippen LogP contribution in [0.4, 0.5) is 0 Å². The van der Waals surface area contributed by atoms with E-state index in [0.717, 1.165) is 25.4 Å². The quantitative estimate of drug-likeness (QED) is 0.852. The lowest BCUT2D eigenvalue weighted by Crippen LogP contribution is -2.60. The minimum atomic E-state index is 0.289. The molecule has 3 nitrogen and oxygen atoms in total. The van der Waals surface area contributed by atoms with Gasteiger partial charge in [0.1, 0.15) is 12.4 Å². The molecule has 1 aromatic carbocycles. The first-order valence-electron chi connectivity index (χ1n) is 7.67. The highest BCUT2D eigenvalue weighted by molar-refractivity contribution is 5.39. The molecule has 1 fully saturated rings. The van der Waals surface area contributed by atoms with Crippen molar-refractivity contribution in [3.63, 3.8) is 0 Å². The van der Waals surface area contributed by atoms with Crippen LogP contribution in [-0.4, -0.2) is 36.7 Å². The van der Waals surface area contributed by atoms with Crippen molar-refractivity contribution in [1.82, 2.24) is 10.2 Å². The maximum absolute atomic E-state index is 5.87. The van der Waals surface area contributed by atoms with Crippen LogP contribution in [0, 0.1) is 5.41 Å². The summed E-state index contributed by atoms with van der Waals surface area (Å²) in [6, 6.07) is 9.97. The fraction of sp³-hybridized carbons (Fsp3) is 0.647. The van der Waals surface area contributed by atoms with Crippen LogP contribution in [0.15, 0.2) is 24.3 Å². The molecule has 3 heteroatoms. The SMILES string of the molecule is CC1CNC(C(C)(C)C)CN1C1COc2ccccc21. The van der Waals surface area contributed by atoms with Gasteiger partial charge < -0.3 is 10.1 Å². The van der Waals surface area contributed by atoms with E-state index in [1.807, 2.05) is 0 Å². The minimum absolute atomic E-state index is 0.289. The summed E-state index contributed by atoms with van der Waals surface area (Å²) in [5, 5.41) is 3.70. The van der Waals surface area contributed by atoms with Gasteiger partial charge in [-0.3, -0.25) is 4.90 Å². The van der Waals surface area contributed by atoms with E-state index < -0.39 is 0 Å². The zero-order chi connectivity index (χ0) is 14.3. The number of nitrogens with zero attached hydrogens (tertiary/aromatic N) is 1. The van der Waals surface area contributed by atoms with Gasteiger partial charge in [0.05, 0.1) is 6.04 Å². The molecular weight excluding hydrogens is 248 g/mol. The van der Waals surface area contributed by atoms with Crippen molar-refractivity contribution >= 4 is 0 Å². The lowest BCUT2D eigenvalue weighted by Gasteiger charge is -2.46. The molecule has 3 unspecified atom stereocenters. The molecule has 20 heavy (non-hydrogen) atoms. The van der Waals surface area contributed by atoms with Crippen LogP contribution in [0.25, 0.3) is 0 Å². The zero-order valence-electron chi connectivity index (χ0n) is 13.0. The molecule has 3 rings (SSSR count). The topological polar surface area (TPSA) is 24.5 Å². The summed E-state index contributed by atoms with van der Waals surface area (Å²) < 4.78 is 5.87. The number of para-hydroxylation sites is 1. The number of piperazine rings is 1. The second-order valence-electron chi connectivity index (χ2n) is 7.24. The first-order chi connectivity index (χ1) is 9.47. The molecular formula is C17H26N2O. The second-order valence-corrected chi connectivity index (χ2v) is 7.24. The van der Waals surface area contributed by atoms with E-state index >= 15 is 0 Å². The Morgan fingerprint density at radius 3 is 2.75 bits per heavy atom. The highest BCUT2D eigenvalue weighted by Gasteiger charge is 2.38. The predicted octanol–water partition coefficient (Wildman–Crippen LogP) is 2.83. The zero-order valence-corrected chi connectivity index (χ0v) is 13.0. The van der Waals surface area contributed by atoms with E-state index in [4.69, 9.17) is 4.74 Å². The standard InChI is InChI=1S/C17H26N2O/c1-12-9-18-16(17(2,3)4)10-19(12)14-11-20-15-8-6-5-7-13(14)15/h5-8,12,14,16,18H,9-11H2,1-4H3. The average Bonchev–Trinajstić information content (AvgIpc) is 2.82. The highest BCUT2D eigenvalue weighted by atomic mass is 16.5. The van der Waals surface area contributed by atoms with Gasteiger partial charge in [-0.15, -0.1) is 0 Å². The van der Waals surface area contributed by atoms with E-state index in [1.54, 1.807) is 0 Å². The summed E-state index contributed by atoms with van der Waals surface area (Å²) in [6.07, 6.45) is 0. The number of nitrogens with one attached hydrogen (secondary N) is 1. The first-order valence-corrected chi connectivity index (χ1v) is 7.67. The van der Waals surface area contributed by atoms with Gasteiger partial charge in [0.25, 0.3) is 0 Å². The van der Waals surface area contributed by atoms with Gasteiger partial charge in [0.15, 0.2) is 0 Å². The van der Waals surface area contributed by atoms with Gasteiger partial charge in [-0.05, 0) is 18.4 Å². The Labute approximate surface area is 122 Å². The van der Waals surface area contributed by atoms with Crippen LogP contribution in [0.3, 0.4) is 0 Å². The Morgan fingerprint density at radius 2 is 2.00 bits per heavy atom. The smallest absolute Gasteiger partial charge is 0.124 e. The fourth-order valence-electron chi connectivity index (χ4n) is 3.32. The van der Waals surface area contributed by atoms with Crippen LogP contribution in [0.5, 0.6) is 5.75 Å². The molecule has 0 radical (unpaired) electrons. The molecule has 0 aliphatic carbocycles. The van der Waals surface area contributed by atoms with Crippen molar-refractivity contribution in [3.05, 3.63) is 29.8 Å². The number of ether oxygens (including phenoxy) is 1. The summed E-state index contributed by atoms with van der Waals surface area (Å²) in [5.74, 6) is 1.07. The van der Waals surface area contributed by atoms with Crippen LogP contribution >= 0.6 is 0 Å². The summed E-state index contributed by atoms with van der Waals surface area (Å²) in [6.45, 7) is 12.2. The fourth-order valence-corrected chi connectivity index (χ4v) is 3.32. The summed E-state index contributed by atoms with van der Waals surface area (Å²) in [4.78, 5) is 2.62. The Hall–Kier alpha value is -1.06. The number of fused-ring (bicyclic) bond motifs is 1. The van der Waals surface area contributed by atoms with Crippen LogP contribution in [-0.2, 0) is 0 Å². The van der Waals surface area contributed by atoms with Gasteiger partial charge >= 0.3 is 0 Å². The third kappa shape index (κ3) is 2.45. The van der Waals surface area contributed by atoms with Crippen molar-refractivity contribution < 1.29 is 4.74 Å². The van der Waals surface area contributed by atoms with E-state index in [0.29, 0.717) is 18.1 Å². The molecule has 0 spiro atoms. The highest BCUT2D eigenvalue weighted by Crippen LogP contribution is 2.38. The molecule has 0 amide bonds. The van der Waals surface area contributed by atoms with Gasteiger partial charge in [0, 0.05) is 30.7 Å². The molecule has 2 aliphatic rings. The lowest BCUT2D eigenvalue weighted by atomic mass is 9.84. The van der Waals surface area contributed by atoms with Crippen molar-refractivity contribution in [1.29, 1.82) is 0 Å². The largest absolute Gasteiger partial charge is 0.491 e. The van der Waals surface area contributed by atoms with Gasteiger partial charge in [-0.1, -0.05) is 39.0 Å². The lowest BCUT2D eigenvalue weighted by molar-refractivity contribution is 0.0480. The van der Waals surface area contributed by atoms with Crippen molar-refractivity contribution in [2.45, 2.75) is 45.8 Å². The molecule has 1 aromatic rings. The Kier molecular flexibility index (Phi) is 3.51. The molecule has 0 aromatic heterocycles. The summed E-state index contributed by atoms with van der Waals surface area (Å²) in [5.41, 5.74) is 1.64. The third-order valence-electron chi connectivity index (χ3n) is 4.74. The number of hydrogen-bond acceptors (Lipinski definition) is 3. The summed E-state index contributed by atoms with van der Waals surface area (Å²) >= 11 is 0. The molecule has 1 N–H and O–H groups in total. The monoisotopic (exact) mass is 274 g/mol. The van der Waals surface area contributed by atoms with Gasteiger partial charge in [0.2, 0.25) is 0 Å². The van der Waals surface area contributed by atoms with E-state index in [1.165, 1.54) is 5.56 Å². The number of benzene rings is 1. The molecule has 2 aliphatic heterocycles. The molecule has 110 valence electrons. The molecule has 3 atom stereocenters. The first kappa shape index (κ1) is 13.9. The Morgan fingerprint density at radius 1 is 1.25 bits per heavy atom. The van der Waals surface area contributed by atoms with E-state index in [-0.39, 0.29) is 5.41 Å². The van der Waals surface area contributed by atoms with Gasteiger partial charge in [-0.2, -0.15) is 0 Å². The molecule has 0 saturated carbocycles. The van der Waals surface area contributed by atoms with Crippen LogP contribution in [0.1, 0.15) is 39.3 Å². The van der Waals surface area contributed by atoms with E-state index in [2.05, 4.69) is 62.2 Å². The molecule has 2 heterocycles. The van der Waals surface area contributed by atoms with Crippen LogP contribution < -0.4 is 10.1 Å². The van der Waals surface area contributed by atoms with Crippen molar-refractivity contribution in [3.8, 4) is 5.75 Å². The Bertz CT molecular complexity index is 480. The normalized spacial score (nSPS) is 30.9. The molecule has 0 bridgehead atoms. The van der Waals surface area contributed by atoms with Crippen molar-refractivity contribution in [2.75, 3.05) is 19.7 Å². The third-order valence-corrected chi connectivity index (χ3v) is 4.74. The minimum Gasteiger partial charge on any atom is -0.491 e. The van der Waals surface area contributed by atoms with E-state index in [9.17, 15) is 0 Å². The Balaban J connectivity index is 1.82. The molecule has 1 saturated heterocycles. The number of hydrogen-bond donors (Lipinski definition) is 1. The predicted molar refractivity (Wildman–Crippen MR) is 82.1 cm³/mol. The second kappa shape index (κ2) is 5.05. The van der Waals surface area contributed by atoms with Crippen LogP contribution in [0.2, 0.25) is 0 Å². The number of rotatable bonds is 1.